The van der Waals surface area contributed by atoms with Crippen molar-refractivity contribution in [2.24, 2.45) is 0 Å². The summed E-state index contributed by atoms with van der Waals surface area (Å²) in [6, 6.07) is 11.0. The third-order valence-electron chi connectivity index (χ3n) is 4.41. The van der Waals surface area contributed by atoms with Crippen LogP contribution in [0.3, 0.4) is 0 Å². The summed E-state index contributed by atoms with van der Waals surface area (Å²) in [6.45, 7) is 5.01. The van der Waals surface area contributed by atoms with Gasteiger partial charge < -0.3 is 9.47 Å². The Bertz CT molecular complexity index is 942. The second kappa shape index (κ2) is 10.3. The summed E-state index contributed by atoms with van der Waals surface area (Å²) in [4.78, 5) is 26.5. The van der Waals surface area contributed by atoms with Gasteiger partial charge in [-0.25, -0.2) is 9.59 Å². The summed E-state index contributed by atoms with van der Waals surface area (Å²) in [6.07, 6.45) is -5.48. The van der Waals surface area contributed by atoms with Crippen molar-refractivity contribution in [2.45, 2.75) is 51.6 Å². The molecule has 2 aromatic rings. The Balaban J connectivity index is 2.22. The molecule has 0 radical (unpaired) electrons. The maximum Gasteiger partial charge on any atom is 0.417 e. The molecule has 9 heteroatoms. The molecule has 0 aliphatic rings. The number of carbonyl (C=O) groups excluding carboxylic acids is 2. The third kappa shape index (κ3) is 7.44. The van der Waals surface area contributed by atoms with Crippen molar-refractivity contribution >= 4 is 23.7 Å². The van der Waals surface area contributed by atoms with E-state index >= 15 is 0 Å². The molecule has 0 aliphatic carbocycles. The zero-order valence-electron chi connectivity index (χ0n) is 18.2. The average molecular weight is 472 g/mol. The van der Waals surface area contributed by atoms with Crippen LogP contribution in [0.2, 0.25) is 5.02 Å². The van der Waals surface area contributed by atoms with Gasteiger partial charge in [0.1, 0.15) is 18.2 Å². The highest BCUT2D eigenvalue weighted by molar-refractivity contribution is 6.31. The van der Waals surface area contributed by atoms with E-state index in [9.17, 15) is 22.8 Å². The van der Waals surface area contributed by atoms with Crippen molar-refractivity contribution in [3.8, 4) is 0 Å². The van der Waals surface area contributed by atoms with Gasteiger partial charge in [0.05, 0.1) is 10.6 Å². The zero-order valence-corrected chi connectivity index (χ0v) is 19.0. The minimum Gasteiger partial charge on any atom is -0.458 e. The van der Waals surface area contributed by atoms with Gasteiger partial charge in [-0.15, -0.1) is 0 Å². The molecule has 0 aromatic heterocycles. The topological polar surface area (TPSA) is 55.8 Å². The van der Waals surface area contributed by atoms with Gasteiger partial charge in [0.15, 0.2) is 0 Å². The van der Waals surface area contributed by atoms with Gasteiger partial charge in [0, 0.05) is 13.5 Å². The van der Waals surface area contributed by atoms with Crippen LogP contribution in [0.1, 0.15) is 37.5 Å². The molecule has 0 saturated heterocycles. The fourth-order valence-corrected chi connectivity index (χ4v) is 3.15. The molecular weight excluding hydrogens is 447 g/mol. The minimum absolute atomic E-state index is 0.00282. The number of likely N-dealkylation sites (N-methyl/N-ethyl adjacent to an activating group) is 1. The van der Waals surface area contributed by atoms with Crippen LogP contribution in [-0.2, 0) is 33.5 Å². The Morgan fingerprint density at radius 3 is 2.19 bits per heavy atom. The maximum absolute atomic E-state index is 13.0. The molecule has 1 amide bonds. The molecule has 2 aromatic carbocycles. The first-order valence-corrected chi connectivity index (χ1v) is 10.2. The SMILES string of the molecule is CN(C(=O)OCc1ccccc1)C(Cc1ccc(C(F)(F)F)c(Cl)c1)C(=O)OC(C)(C)C. The van der Waals surface area contributed by atoms with Crippen LogP contribution in [0.4, 0.5) is 18.0 Å². The predicted octanol–water partition coefficient (Wildman–Crippen LogP) is 5.88. The molecular formula is C23H25ClF3NO4. The molecule has 174 valence electrons. The van der Waals surface area contributed by atoms with Crippen LogP contribution < -0.4 is 0 Å². The summed E-state index contributed by atoms with van der Waals surface area (Å²) in [5, 5.41) is -0.493. The molecule has 0 bridgehead atoms. The van der Waals surface area contributed by atoms with Crippen molar-refractivity contribution < 1.29 is 32.2 Å². The Kier molecular flexibility index (Phi) is 8.18. The summed E-state index contributed by atoms with van der Waals surface area (Å²) in [5.74, 6) is -0.715. The van der Waals surface area contributed by atoms with Crippen molar-refractivity contribution in [1.29, 1.82) is 0 Å². The van der Waals surface area contributed by atoms with E-state index in [1.165, 1.54) is 13.1 Å². The van der Waals surface area contributed by atoms with Gasteiger partial charge in [-0.2, -0.15) is 13.2 Å². The number of amides is 1. The number of alkyl halides is 3. The number of ether oxygens (including phenoxy) is 2. The number of hydrogen-bond acceptors (Lipinski definition) is 4. The number of hydrogen-bond donors (Lipinski definition) is 0. The number of esters is 1. The zero-order chi connectivity index (χ0) is 24.1. The van der Waals surface area contributed by atoms with Crippen LogP contribution in [0, 0.1) is 0 Å². The Labute approximate surface area is 190 Å². The van der Waals surface area contributed by atoms with Crippen LogP contribution in [0.5, 0.6) is 0 Å². The van der Waals surface area contributed by atoms with Gasteiger partial charge in [0.2, 0.25) is 0 Å². The Morgan fingerprint density at radius 2 is 1.66 bits per heavy atom. The van der Waals surface area contributed by atoms with Gasteiger partial charge in [-0.3, -0.25) is 4.90 Å². The average Bonchev–Trinajstić information content (AvgIpc) is 2.68. The lowest BCUT2D eigenvalue weighted by Crippen LogP contribution is -2.46. The van der Waals surface area contributed by atoms with E-state index < -0.39 is 40.5 Å². The number of rotatable bonds is 6. The first kappa shape index (κ1) is 25.5. The van der Waals surface area contributed by atoms with Crippen molar-refractivity contribution in [3.63, 3.8) is 0 Å². The van der Waals surface area contributed by atoms with E-state index in [0.717, 1.165) is 22.6 Å². The maximum atomic E-state index is 13.0. The number of carbonyl (C=O) groups is 2. The fraction of sp³-hybridized carbons (Fsp3) is 0.391. The lowest BCUT2D eigenvalue weighted by Gasteiger charge is -2.29. The first-order valence-electron chi connectivity index (χ1n) is 9.80. The van der Waals surface area contributed by atoms with Gasteiger partial charge >= 0.3 is 18.2 Å². The van der Waals surface area contributed by atoms with Crippen LogP contribution in [0.25, 0.3) is 0 Å². The van der Waals surface area contributed by atoms with Crippen molar-refractivity contribution in [3.05, 3.63) is 70.2 Å². The van der Waals surface area contributed by atoms with E-state index in [2.05, 4.69) is 0 Å². The highest BCUT2D eigenvalue weighted by Gasteiger charge is 2.35. The van der Waals surface area contributed by atoms with Crippen LogP contribution >= 0.6 is 11.6 Å². The second-order valence-electron chi connectivity index (χ2n) is 8.22. The summed E-state index contributed by atoms with van der Waals surface area (Å²) < 4.78 is 49.7. The molecule has 0 saturated carbocycles. The molecule has 2 rings (SSSR count). The number of benzene rings is 2. The van der Waals surface area contributed by atoms with E-state index in [-0.39, 0.29) is 13.0 Å². The highest BCUT2D eigenvalue weighted by Crippen LogP contribution is 2.35. The molecule has 0 N–H and O–H groups in total. The quantitative estimate of drug-likeness (QED) is 0.494. The van der Waals surface area contributed by atoms with Crippen molar-refractivity contribution in [1.82, 2.24) is 4.90 Å². The number of nitrogens with zero attached hydrogens (tertiary/aromatic N) is 1. The largest absolute Gasteiger partial charge is 0.458 e. The highest BCUT2D eigenvalue weighted by atomic mass is 35.5. The van der Waals surface area contributed by atoms with E-state index in [4.69, 9.17) is 21.1 Å². The smallest absolute Gasteiger partial charge is 0.417 e. The van der Waals surface area contributed by atoms with E-state index in [1.54, 1.807) is 45.0 Å². The number of halogens is 4. The molecule has 1 unspecified atom stereocenters. The Hall–Kier alpha value is -2.74. The summed E-state index contributed by atoms with van der Waals surface area (Å²) >= 11 is 5.80. The van der Waals surface area contributed by atoms with Gasteiger partial charge in [-0.05, 0) is 44.0 Å². The minimum atomic E-state index is -4.60. The summed E-state index contributed by atoms with van der Waals surface area (Å²) in [7, 11) is 1.37. The van der Waals surface area contributed by atoms with Crippen LogP contribution in [-0.4, -0.2) is 35.7 Å². The third-order valence-corrected chi connectivity index (χ3v) is 4.72. The predicted molar refractivity (Wildman–Crippen MR) is 114 cm³/mol. The van der Waals surface area contributed by atoms with E-state index in [1.807, 2.05) is 6.07 Å². The van der Waals surface area contributed by atoms with Gasteiger partial charge in [-0.1, -0.05) is 48.0 Å². The molecule has 32 heavy (non-hydrogen) atoms. The fourth-order valence-electron chi connectivity index (χ4n) is 2.84. The monoisotopic (exact) mass is 471 g/mol. The normalized spacial score (nSPS) is 12.8. The first-order chi connectivity index (χ1) is 14.8. The molecule has 0 spiro atoms. The molecule has 0 aliphatic heterocycles. The molecule has 0 fully saturated rings. The van der Waals surface area contributed by atoms with Crippen LogP contribution in [0.15, 0.2) is 48.5 Å². The Morgan fingerprint density at radius 1 is 1.03 bits per heavy atom. The molecule has 5 nitrogen and oxygen atoms in total. The second-order valence-corrected chi connectivity index (χ2v) is 8.62. The van der Waals surface area contributed by atoms with E-state index in [0.29, 0.717) is 5.56 Å². The van der Waals surface area contributed by atoms with Crippen molar-refractivity contribution in [2.75, 3.05) is 7.05 Å². The summed E-state index contributed by atoms with van der Waals surface area (Å²) in [5.41, 5.74) is -0.714. The standard InChI is InChI=1S/C23H25ClF3NO4/c1-22(2,3)32-20(29)19(13-16-10-11-17(18(24)12-16)23(25,26)27)28(4)21(30)31-14-15-8-6-5-7-9-15/h5-12,19H,13-14H2,1-4H3. The van der Waals surface area contributed by atoms with Gasteiger partial charge in [0.25, 0.3) is 0 Å². The lowest BCUT2D eigenvalue weighted by atomic mass is 10.0. The molecule has 1 atom stereocenters. The molecule has 0 heterocycles. The lowest BCUT2D eigenvalue weighted by molar-refractivity contribution is -0.160.